The highest BCUT2D eigenvalue weighted by molar-refractivity contribution is 5.96. The molecule has 1 aromatic heterocycles. The van der Waals surface area contributed by atoms with Crippen molar-refractivity contribution in [2.24, 2.45) is 0 Å². The number of hydrogen-bond donors (Lipinski definition) is 2. The summed E-state index contributed by atoms with van der Waals surface area (Å²) in [5.41, 5.74) is 0.687. The molecule has 0 spiro atoms. The number of methoxy groups -OCH3 is 1. The summed E-state index contributed by atoms with van der Waals surface area (Å²) in [5.74, 6) is -0.900. The molecule has 0 aliphatic carbocycles. The summed E-state index contributed by atoms with van der Waals surface area (Å²) in [6.07, 6.45) is 1.40. The fourth-order valence-electron chi connectivity index (χ4n) is 1.90. The van der Waals surface area contributed by atoms with Crippen LogP contribution >= 0.6 is 0 Å². The Morgan fingerprint density at radius 3 is 2.74 bits per heavy atom. The normalized spacial score (nSPS) is 10.0. The molecule has 7 heteroatoms. The second-order valence-corrected chi connectivity index (χ2v) is 4.74. The van der Waals surface area contributed by atoms with E-state index in [1.807, 2.05) is 13.0 Å². The molecule has 1 heterocycles. The Balaban J connectivity index is 1.98. The first-order valence-electron chi connectivity index (χ1n) is 6.80. The van der Waals surface area contributed by atoms with E-state index in [-0.39, 0.29) is 5.56 Å². The zero-order valence-corrected chi connectivity index (χ0v) is 12.7. The second-order valence-electron chi connectivity index (χ2n) is 4.74. The minimum absolute atomic E-state index is 0.159. The Hall–Kier alpha value is -3.09. The van der Waals surface area contributed by atoms with Crippen molar-refractivity contribution < 1.29 is 19.1 Å². The fourth-order valence-corrected chi connectivity index (χ4v) is 1.90. The van der Waals surface area contributed by atoms with Gasteiger partial charge in [-0.1, -0.05) is 6.07 Å². The van der Waals surface area contributed by atoms with E-state index in [4.69, 9.17) is 9.47 Å². The van der Waals surface area contributed by atoms with Crippen LogP contribution in [0.5, 0.6) is 5.75 Å². The van der Waals surface area contributed by atoms with Gasteiger partial charge < -0.3 is 19.8 Å². The third-order valence-corrected chi connectivity index (χ3v) is 3.00. The van der Waals surface area contributed by atoms with Crippen molar-refractivity contribution in [3.8, 4) is 5.75 Å². The van der Waals surface area contributed by atoms with Crippen molar-refractivity contribution in [2.75, 3.05) is 19.0 Å². The Morgan fingerprint density at radius 1 is 1.26 bits per heavy atom. The van der Waals surface area contributed by atoms with E-state index >= 15 is 0 Å². The molecule has 0 saturated heterocycles. The van der Waals surface area contributed by atoms with Crippen LogP contribution in [-0.2, 0) is 9.53 Å². The lowest BCUT2D eigenvalue weighted by Crippen LogP contribution is -2.24. The summed E-state index contributed by atoms with van der Waals surface area (Å²) >= 11 is 0. The maximum absolute atomic E-state index is 11.9. The predicted molar refractivity (Wildman–Crippen MR) is 83.7 cm³/mol. The summed E-state index contributed by atoms with van der Waals surface area (Å²) < 4.78 is 9.98. The van der Waals surface area contributed by atoms with Gasteiger partial charge in [-0.15, -0.1) is 0 Å². The summed E-state index contributed by atoms with van der Waals surface area (Å²) in [6.45, 7) is 1.36. The van der Waals surface area contributed by atoms with Gasteiger partial charge in [0, 0.05) is 6.20 Å². The maximum atomic E-state index is 11.9. The van der Waals surface area contributed by atoms with Crippen LogP contribution in [0, 0.1) is 6.92 Å². The third kappa shape index (κ3) is 4.19. The highest BCUT2D eigenvalue weighted by Crippen LogP contribution is 2.24. The number of aromatic amines is 1. The molecule has 0 atom stereocenters. The number of hydrogen-bond acceptors (Lipinski definition) is 5. The number of amides is 1. The number of rotatable bonds is 5. The largest absolute Gasteiger partial charge is 0.495 e. The summed E-state index contributed by atoms with van der Waals surface area (Å²) in [5, 5.41) is 2.60. The van der Waals surface area contributed by atoms with Gasteiger partial charge in [0.05, 0.1) is 12.8 Å². The number of nitrogens with one attached hydrogen (secondary N) is 2. The Labute approximate surface area is 132 Å². The molecule has 0 bridgehead atoms. The molecule has 0 saturated carbocycles. The van der Waals surface area contributed by atoms with Crippen LogP contribution < -0.4 is 15.6 Å². The molecule has 120 valence electrons. The highest BCUT2D eigenvalue weighted by Gasteiger charge is 2.14. The first-order valence-corrected chi connectivity index (χ1v) is 6.80. The minimum atomic E-state index is -0.863. The van der Waals surface area contributed by atoms with Crippen LogP contribution in [0.2, 0.25) is 0 Å². The molecule has 0 radical (unpaired) electrons. The fraction of sp³-hybridized carbons (Fsp3) is 0.188. The number of esters is 1. The van der Waals surface area contributed by atoms with Crippen LogP contribution in [0.15, 0.2) is 41.3 Å². The minimum Gasteiger partial charge on any atom is -0.495 e. The number of carbonyl (C=O) groups excluding carboxylic acids is 2. The lowest BCUT2D eigenvalue weighted by Gasteiger charge is -2.11. The maximum Gasteiger partial charge on any atom is 0.344 e. The van der Waals surface area contributed by atoms with Gasteiger partial charge in [0.25, 0.3) is 11.5 Å². The number of carbonyl (C=O) groups is 2. The zero-order valence-electron chi connectivity index (χ0n) is 12.7. The number of benzene rings is 1. The van der Waals surface area contributed by atoms with E-state index in [1.165, 1.54) is 25.4 Å². The summed E-state index contributed by atoms with van der Waals surface area (Å²) in [4.78, 5) is 37.4. The summed E-state index contributed by atoms with van der Waals surface area (Å²) in [7, 11) is 1.49. The van der Waals surface area contributed by atoms with Gasteiger partial charge in [0.15, 0.2) is 6.61 Å². The van der Waals surface area contributed by atoms with Crippen molar-refractivity contribution >= 4 is 17.6 Å². The molecule has 0 aliphatic heterocycles. The van der Waals surface area contributed by atoms with Crippen LogP contribution in [0.4, 0.5) is 5.69 Å². The Bertz CT molecular complexity index is 782. The molecule has 0 unspecified atom stereocenters. The lowest BCUT2D eigenvalue weighted by atomic mass is 10.2. The third-order valence-electron chi connectivity index (χ3n) is 3.00. The number of H-pyrrole nitrogens is 1. The number of aromatic nitrogens is 1. The van der Waals surface area contributed by atoms with Crippen molar-refractivity contribution in [3.63, 3.8) is 0 Å². The molecule has 2 aromatic rings. The number of pyridine rings is 1. The van der Waals surface area contributed by atoms with Gasteiger partial charge >= 0.3 is 5.97 Å². The Kier molecular flexibility index (Phi) is 5.14. The van der Waals surface area contributed by atoms with Crippen molar-refractivity contribution in [2.45, 2.75) is 6.92 Å². The quantitative estimate of drug-likeness (QED) is 0.814. The first kappa shape index (κ1) is 16.3. The molecule has 2 rings (SSSR count). The monoisotopic (exact) mass is 316 g/mol. The molecule has 2 N–H and O–H groups in total. The van der Waals surface area contributed by atoms with Crippen molar-refractivity contribution in [1.29, 1.82) is 0 Å². The summed E-state index contributed by atoms with van der Waals surface area (Å²) in [6, 6.07) is 8.12. The molecule has 23 heavy (non-hydrogen) atoms. The van der Waals surface area contributed by atoms with E-state index in [0.29, 0.717) is 11.4 Å². The predicted octanol–water partition coefficient (Wildman–Crippen LogP) is 1.49. The molecule has 0 aliphatic rings. The van der Waals surface area contributed by atoms with Gasteiger partial charge in [-0.25, -0.2) is 4.79 Å². The van der Waals surface area contributed by atoms with Gasteiger partial charge in [-0.2, -0.15) is 0 Å². The smallest absolute Gasteiger partial charge is 0.344 e. The SMILES string of the molecule is COc1ccc(C)cc1NC(=O)COC(=O)c1ccc[nH]c1=O. The topological polar surface area (TPSA) is 97.5 Å². The van der Waals surface area contributed by atoms with Crippen LogP contribution in [0.1, 0.15) is 15.9 Å². The van der Waals surface area contributed by atoms with E-state index < -0.39 is 24.0 Å². The number of aryl methyl sites for hydroxylation is 1. The molecule has 1 aromatic carbocycles. The molecule has 0 fully saturated rings. The number of anilines is 1. The van der Waals surface area contributed by atoms with E-state index in [0.717, 1.165) is 5.56 Å². The second kappa shape index (κ2) is 7.26. The standard InChI is InChI=1S/C16H16N2O5/c1-10-5-6-13(22-2)12(8-10)18-14(19)9-23-16(21)11-4-3-7-17-15(11)20/h3-8H,9H2,1-2H3,(H,17,20)(H,18,19). The average Bonchev–Trinajstić information content (AvgIpc) is 2.53. The van der Waals surface area contributed by atoms with Crippen LogP contribution in [0.3, 0.4) is 0 Å². The number of ether oxygens (including phenoxy) is 2. The first-order chi connectivity index (χ1) is 11.0. The van der Waals surface area contributed by atoms with E-state index in [9.17, 15) is 14.4 Å². The molecular weight excluding hydrogens is 300 g/mol. The van der Waals surface area contributed by atoms with Gasteiger partial charge in [0.2, 0.25) is 0 Å². The van der Waals surface area contributed by atoms with E-state index in [2.05, 4.69) is 10.3 Å². The highest BCUT2D eigenvalue weighted by atomic mass is 16.5. The lowest BCUT2D eigenvalue weighted by molar-refractivity contribution is -0.119. The van der Waals surface area contributed by atoms with Crippen molar-refractivity contribution in [1.82, 2.24) is 4.98 Å². The van der Waals surface area contributed by atoms with Crippen molar-refractivity contribution in [3.05, 3.63) is 58.0 Å². The van der Waals surface area contributed by atoms with Crippen LogP contribution in [0.25, 0.3) is 0 Å². The van der Waals surface area contributed by atoms with Gasteiger partial charge in [-0.05, 0) is 36.8 Å². The Morgan fingerprint density at radius 2 is 2.04 bits per heavy atom. The van der Waals surface area contributed by atoms with E-state index in [1.54, 1.807) is 12.1 Å². The zero-order chi connectivity index (χ0) is 16.8. The molecular formula is C16H16N2O5. The molecule has 7 nitrogen and oxygen atoms in total. The molecule has 1 amide bonds. The average molecular weight is 316 g/mol. The van der Waals surface area contributed by atoms with Gasteiger partial charge in [0.1, 0.15) is 11.3 Å². The van der Waals surface area contributed by atoms with Crippen LogP contribution in [-0.4, -0.2) is 30.6 Å². The van der Waals surface area contributed by atoms with Gasteiger partial charge in [-0.3, -0.25) is 9.59 Å².